The number of amides is 1. The number of ether oxygens (including phenoxy) is 2. The van der Waals surface area contributed by atoms with Gasteiger partial charge in [-0.15, -0.1) is 11.3 Å². The second-order valence-electron chi connectivity index (χ2n) is 8.59. The minimum Gasteiger partial charge on any atom is -0.489 e. The molecule has 1 aromatic heterocycles. The van der Waals surface area contributed by atoms with Gasteiger partial charge in [-0.25, -0.2) is 9.78 Å². The molecule has 2 aromatic rings. The molecule has 1 amide bonds. The molecule has 1 aliphatic carbocycles. The monoisotopic (exact) mass is 442 g/mol. The van der Waals surface area contributed by atoms with Crippen LogP contribution in [-0.4, -0.2) is 56.5 Å². The van der Waals surface area contributed by atoms with Gasteiger partial charge in [0.25, 0.3) is 0 Å². The zero-order valence-corrected chi connectivity index (χ0v) is 19.0. The van der Waals surface area contributed by atoms with E-state index in [-0.39, 0.29) is 18.2 Å². The molecule has 166 valence electrons. The van der Waals surface area contributed by atoms with Crippen LogP contribution in [0.25, 0.3) is 11.3 Å². The smallest absolute Gasteiger partial charge is 0.414 e. The molecule has 8 heteroatoms. The predicted molar refractivity (Wildman–Crippen MR) is 124 cm³/mol. The number of nitrogens with one attached hydrogen (secondary N) is 1. The summed E-state index contributed by atoms with van der Waals surface area (Å²) in [4.78, 5) is 21.6. The molecular formula is C23H30N4O3S. The summed E-state index contributed by atoms with van der Waals surface area (Å²) in [6.45, 7) is 6.01. The van der Waals surface area contributed by atoms with Crippen LogP contribution >= 0.6 is 11.3 Å². The average molecular weight is 443 g/mol. The maximum atomic E-state index is 12.5. The number of methoxy groups -OCH3 is 1. The number of rotatable bonds is 4. The number of fused-ring (bicyclic) bond motifs is 1. The highest BCUT2D eigenvalue weighted by Crippen LogP contribution is 2.45. The van der Waals surface area contributed by atoms with Gasteiger partial charge in [0.1, 0.15) is 5.75 Å². The van der Waals surface area contributed by atoms with E-state index in [9.17, 15) is 4.79 Å². The van der Waals surface area contributed by atoms with Gasteiger partial charge in [0, 0.05) is 48.7 Å². The molecule has 7 nitrogen and oxygen atoms in total. The third-order valence-electron chi connectivity index (χ3n) is 6.61. The number of benzene rings is 1. The maximum Gasteiger partial charge on any atom is 0.414 e. The van der Waals surface area contributed by atoms with Crippen molar-refractivity contribution in [2.75, 3.05) is 43.1 Å². The first-order valence-corrected chi connectivity index (χ1v) is 12.1. The second-order valence-corrected chi connectivity index (χ2v) is 9.43. The van der Waals surface area contributed by atoms with Crippen molar-refractivity contribution in [1.82, 2.24) is 10.3 Å². The van der Waals surface area contributed by atoms with Crippen molar-refractivity contribution in [2.24, 2.45) is 0 Å². The topological polar surface area (TPSA) is 66.9 Å². The van der Waals surface area contributed by atoms with Crippen molar-refractivity contribution >= 4 is 28.2 Å². The van der Waals surface area contributed by atoms with Gasteiger partial charge in [0.05, 0.1) is 24.6 Å². The summed E-state index contributed by atoms with van der Waals surface area (Å²) in [6.07, 6.45) is 5.09. The number of thiazole rings is 1. The Morgan fingerprint density at radius 1 is 1.23 bits per heavy atom. The van der Waals surface area contributed by atoms with Crippen LogP contribution in [0.1, 0.15) is 38.2 Å². The average Bonchev–Trinajstić information content (AvgIpc) is 3.26. The number of aromatic nitrogens is 1. The van der Waals surface area contributed by atoms with Crippen molar-refractivity contribution in [2.45, 2.75) is 51.2 Å². The lowest BCUT2D eigenvalue weighted by atomic mass is 9.92. The molecule has 0 spiro atoms. The van der Waals surface area contributed by atoms with Crippen LogP contribution < -0.4 is 19.9 Å². The van der Waals surface area contributed by atoms with Crippen LogP contribution in [0.2, 0.25) is 0 Å². The van der Waals surface area contributed by atoms with Crippen LogP contribution in [-0.2, 0) is 11.2 Å². The molecule has 1 atom stereocenters. The quantitative estimate of drug-likeness (QED) is 0.770. The van der Waals surface area contributed by atoms with Gasteiger partial charge in [0.2, 0.25) is 0 Å². The minimum atomic E-state index is -0.314. The molecular weight excluding hydrogens is 412 g/mol. The maximum absolute atomic E-state index is 12.5. The van der Waals surface area contributed by atoms with Gasteiger partial charge < -0.3 is 19.7 Å². The van der Waals surface area contributed by atoms with Crippen LogP contribution in [0.15, 0.2) is 17.5 Å². The molecule has 1 aromatic carbocycles. The summed E-state index contributed by atoms with van der Waals surface area (Å²) in [5.74, 6) is 0.903. The Balaban J connectivity index is 1.54. The first-order valence-electron chi connectivity index (χ1n) is 11.3. The lowest BCUT2D eigenvalue weighted by molar-refractivity contribution is 0.119. The van der Waals surface area contributed by atoms with E-state index in [4.69, 9.17) is 14.5 Å². The predicted octanol–water partition coefficient (Wildman–Crippen LogP) is 4.06. The SMILES string of the molecule is COC(=O)N1c2ccc(-c3csc(N4CCNCC4)n3)c(OC3CCC3)c2CCC1C. The number of hydrogen-bond acceptors (Lipinski definition) is 7. The Bertz CT molecular complexity index is 952. The van der Waals surface area contributed by atoms with Crippen molar-refractivity contribution in [3.8, 4) is 17.0 Å². The summed E-state index contributed by atoms with van der Waals surface area (Å²) >= 11 is 1.69. The third kappa shape index (κ3) is 3.87. The number of carbonyl (C=O) groups excluding carboxylic acids is 1. The van der Waals surface area contributed by atoms with E-state index in [1.54, 1.807) is 16.2 Å². The number of anilines is 2. The van der Waals surface area contributed by atoms with E-state index in [2.05, 4.69) is 28.6 Å². The Morgan fingerprint density at radius 2 is 2.03 bits per heavy atom. The zero-order valence-electron chi connectivity index (χ0n) is 18.2. The summed E-state index contributed by atoms with van der Waals surface area (Å²) < 4.78 is 11.6. The van der Waals surface area contributed by atoms with E-state index in [1.807, 2.05) is 6.07 Å². The fourth-order valence-electron chi connectivity index (χ4n) is 4.56. The first-order chi connectivity index (χ1) is 15.2. The van der Waals surface area contributed by atoms with E-state index in [1.165, 1.54) is 13.5 Å². The Kier molecular flexibility index (Phi) is 5.75. The fraction of sp³-hybridized carbons (Fsp3) is 0.565. The van der Waals surface area contributed by atoms with Gasteiger partial charge >= 0.3 is 6.09 Å². The largest absolute Gasteiger partial charge is 0.489 e. The van der Waals surface area contributed by atoms with Gasteiger partial charge in [-0.2, -0.15) is 0 Å². The summed E-state index contributed by atoms with van der Waals surface area (Å²) in [6, 6.07) is 4.20. The number of nitrogens with zero attached hydrogens (tertiary/aromatic N) is 3. The zero-order chi connectivity index (χ0) is 21.4. The van der Waals surface area contributed by atoms with Crippen molar-refractivity contribution in [3.63, 3.8) is 0 Å². The molecule has 2 aliphatic heterocycles. The van der Waals surface area contributed by atoms with Crippen molar-refractivity contribution in [3.05, 3.63) is 23.1 Å². The lowest BCUT2D eigenvalue weighted by Crippen LogP contribution is -2.43. The standard InChI is InChI=1S/C23H30N4O3S/c1-15-6-7-18-20(27(15)23(28)29-2)9-8-17(21(18)30-16-4-3-5-16)19-14-31-22(25-19)26-12-10-24-11-13-26/h8-9,14-16,24H,3-7,10-13H2,1-2H3. The van der Waals surface area contributed by atoms with Crippen LogP contribution in [0.3, 0.4) is 0 Å². The summed E-state index contributed by atoms with van der Waals surface area (Å²) in [7, 11) is 1.44. The van der Waals surface area contributed by atoms with Gasteiger partial charge in [-0.3, -0.25) is 4.90 Å². The number of carbonyl (C=O) groups is 1. The Labute approximate surface area is 187 Å². The van der Waals surface area contributed by atoms with Crippen LogP contribution in [0.4, 0.5) is 15.6 Å². The molecule has 0 bridgehead atoms. The van der Waals surface area contributed by atoms with Crippen LogP contribution in [0, 0.1) is 0 Å². The normalized spacial score (nSPS) is 21.4. The fourth-order valence-corrected chi connectivity index (χ4v) is 5.44. The Morgan fingerprint density at radius 3 is 2.74 bits per heavy atom. The molecule has 2 fully saturated rings. The van der Waals surface area contributed by atoms with Gasteiger partial charge in [0.15, 0.2) is 5.13 Å². The molecule has 1 saturated carbocycles. The molecule has 0 radical (unpaired) electrons. The minimum absolute atomic E-state index is 0.0981. The van der Waals surface area contributed by atoms with E-state index < -0.39 is 0 Å². The van der Waals surface area contributed by atoms with Gasteiger partial charge in [-0.05, 0) is 51.2 Å². The van der Waals surface area contributed by atoms with E-state index in [0.717, 1.165) is 85.3 Å². The summed E-state index contributed by atoms with van der Waals surface area (Å²) in [5.41, 5.74) is 3.99. The lowest BCUT2D eigenvalue weighted by Gasteiger charge is -2.36. The highest BCUT2D eigenvalue weighted by Gasteiger charge is 2.33. The number of hydrogen-bond donors (Lipinski definition) is 1. The van der Waals surface area contributed by atoms with Crippen molar-refractivity contribution in [1.29, 1.82) is 0 Å². The molecule has 3 heterocycles. The Hall–Kier alpha value is -2.32. The molecule has 5 rings (SSSR count). The van der Waals surface area contributed by atoms with Crippen LogP contribution in [0.5, 0.6) is 5.75 Å². The molecule has 1 unspecified atom stereocenters. The first kappa shape index (κ1) is 20.6. The van der Waals surface area contributed by atoms with E-state index in [0.29, 0.717) is 0 Å². The third-order valence-corrected chi connectivity index (χ3v) is 7.51. The molecule has 1 N–H and O–H groups in total. The van der Waals surface area contributed by atoms with E-state index >= 15 is 0 Å². The molecule has 1 saturated heterocycles. The van der Waals surface area contributed by atoms with Crippen molar-refractivity contribution < 1.29 is 14.3 Å². The second kappa shape index (κ2) is 8.67. The molecule has 3 aliphatic rings. The van der Waals surface area contributed by atoms with Gasteiger partial charge in [-0.1, -0.05) is 0 Å². The number of piperazine rings is 1. The highest BCUT2D eigenvalue weighted by atomic mass is 32.1. The molecule has 31 heavy (non-hydrogen) atoms. The highest BCUT2D eigenvalue weighted by molar-refractivity contribution is 7.14. The summed E-state index contributed by atoms with van der Waals surface area (Å²) in [5, 5.41) is 6.59.